The number of carbonyl (C=O) groups excluding carboxylic acids is 1. The minimum atomic E-state index is -0.691. The third-order valence-corrected chi connectivity index (χ3v) is 5.82. The first-order valence-electron chi connectivity index (χ1n) is 10.3. The van der Waals surface area contributed by atoms with Gasteiger partial charge in [-0.05, 0) is 18.6 Å². The average molecular weight is 427 g/mol. The van der Waals surface area contributed by atoms with Crippen LogP contribution in [-0.2, 0) is 7.05 Å². The summed E-state index contributed by atoms with van der Waals surface area (Å²) in [7, 11) is 1.71. The Balaban J connectivity index is 1.18. The molecule has 31 heavy (non-hydrogen) atoms. The van der Waals surface area contributed by atoms with Crippen LogP contribution in [-0.4, -0.2) is 69.5 Å². The summed E-state index contributed by atoms with van der Waals surface area (Å²) < 4.78 is 29.0. The zero-order chi connectivity index (χ0) is 21.5. The van der Waals surface area contributed by atoms with E-state index in [4.69, 9.17) is 0 Å². The number of aromatic nitrogens is 4. The van der Waals surface area contributed by atoms with Crippen LogP contribution in [0.1, 0.15) is 16.9 Å². The number of carbonyl (C=O) groups is 1. The normalized spacial score (nSPS) is 19.7. The van der Waals surface area contributed by atoms with Gasteiger partial charge in [0, 0.05) is 63.0 Å². The lowest BCUT2D eigenvalue weighted by molar-refractivity contribution is 0.102. The molecule has 2 aromatic heterocycles. The van der Waals surface area contributed by atoms with Crippen molar-refractivity contribution in [3.8, 4) is 0 Å². The molecule has 0 radical (unpaired) electrons. The molecule has 2 aliphatic rings. The highest BCUT2D eigenvalue weighted by Gasteiger charge is 2.32. The first-order chi connectivity index (χ1) is 14.9. The number of likely N-dealkylation sites (tertiary alicyclic amines) is 1. The third kappa shape index (κ3) is 4.07. The highest BCUT2D eigenvalue weighted by molar-refractivity contribution is 6.03. The first-order valence-corrected chi connectivity index (χ1v) is 10.3. The summed E-state index contributed by atoms with van der Waals surface area (Å²) in [5.74, 6) is 0.240. The van der Waals surface area contributed by atoms with Gasteiger partial charge in [0.1, 0.15) is 23.2 Å². The van der Waals surface area contributed by atoms with Crippen molar-refractivity contribution in [2.24, 2.45) is 13.0 Å². The van der Waals surface area contributed by atoms with Crippen LogP contribution >= 0.6 is 0 Å². The Kier molecular flexibility index (Phi) is 5.01. The molecular formula is C21H23F2N7O. The number of anilines is 2. The maximum atomic E-state index is 14.2. The van der Waals surface area contributed by atoms with Gasteiger partial charge in [-0.15, -0.1) is 0 Å². The smallest absolute Gasteiger partial charge is 0.275 e. The van der Waals surface area contributed by atoms with Crippen LogP contribution in [0.5, 0.6) is 0 Å². The Bertz CT molecular complexity index is 1110. The second kappa shape index (κ2) is 7.84. The zero-order valence-corrected chi connectivity index (χ0v) is 17.1. The van der Waals surface area contributed by atoms with Crippen LogP contribution < -0.4 is 10.2 Å². The molecule has 4 heterocycles. The largest absolute Gasteiger partial charge is 0.355 e. The van der Waals surface area contributed by atoms with Crippen molar-refractivity contribution in [1.82, 2.24) is 24.6 Å². The van der Waals surface area contributed by atoms with Crippen LogP contribution in [0.3, 0.4) is 0 Å². The van der Waals surface area contributed by atoms with Gasteiger partial charge in [-0.2, -0.15) is 5.10 Å². The van der Waals surface area contributed by atoms with Crippen LogP contribution in [0.4, 0.5) is 20.3 Å². The number of benzene rings is 1. The van der Waals surface area contributed by atoms with Gasteiger partial charge in [-0.1, -0.05) is 0 Å². The van der Waals surface area contributed by atoms with Crippen molar-refractivity contribution in [2.75, 3.05) is 42.9 Å². The van der Waals surface area contributed by atoms with E-state index in [-0.39, 0.29) is 11.2 Å². The Morgan fingerprint density at radius 1 is 1.23 bits per heavy atom. The molecule has 0 saturated carbocycles. The molecule has 8 nitrogen and oxygen atoms in total. The Hall–Kier alpha value is -3.14. The Morgan fingerprint density at radius 2 is 2.06 bits per heavy atom. The predicted octanol–water partition coefficient (Wildman–Crippen LogP) is 2.23. The number of amides is 1. The van der Waals surface area contributed by atoms with Gasteiger partial charge in [-0.3, -0.25) is 14.4 Å². The molecule has 1 aromatic carbocycles. The number of fused-ring (bicyclic) bond motifs is 1. The van der Waals surface area contributed by atoms with E-state index in [1.54, 1.807) is 25.5 Å². The van der Waals surface area contributed by atoms with Crippen LogP contribution in [0.15, 0.2) is 30.7 Å². The molecule has 1 N–H and O–H groups in total. The maximum Gasteiger partial charge on any atom is 0.275 e. The number of hydrogen-bond acceptors (Lipinski definition) is 6. The van der Waals surface area contributed by atoms with Gasteiger partial charge in [0.25, 0.3) is 5.91 Å². The molecule has 2 aliphatic heterocycles. The van der Waals surface area contributed by atoms with Crippen molar-refractivity contribution in [3.63, 3.8) is 0 Å². The molecule has 0 unspecified atom stereocenters. The summed E-state index contributed by atoms with van der Waals surface area (Å²) in [6.45, 7) is 3.97. The zero-order valence-electron chi connectivity index (χ0n) is 17.1. The minimum absolute atomic E-state index is 0.151. The van der Waals surface area contributed by atoms with Gasteiger partial charge < -0.3 is 10.2 Å². The maximum absolute atomic E-state index is 14.2. The average Bonchev–Trinajstić information content (AvgIpc) is 3.29. The van der Waals surface area contributed by atoms with E-state index in [1.807, 2.05) is 0 Å². The number of hydrogen-bond donors (Lipinski definition) is 1. The van der Waals surface area contributed by atoms with Gasteiger partial charge in [0.05, 0.1) is 12.4 Å². The second-order valence-electron chi connectivity index (χ2n) is 8.33. The first kappa shape index (κ1) is 19.8. The van der Waals surface area contributed by atoms with Gasteiger partial charge in [0.15, 0.2) is 5.82 Å². The molecule has 0 spiro atoms. The second-order valence-corrected chi connectivity index (χ2v) is 8.33. The molecule has 162 valence electrons. The summed E-state index contributed by atoms with van der Waals surface area (Å²) in [5, 5.41) is 7.31. The molecule has 2 fully saturated rings. The van der Waals surface area contributed by atoms with Gasteiger partial charge in [0.2, 0.25) is 0 Å². The van der Waals surface area contributed by atoms with E-state index in [0.717, 1.165) is 26.2 Å². The number of aryl methyl sites for hydroxylation is 1. The van der Waals surface area contributed by atoms with Crippen molar-refractivity contribution < 1.29 is 13.6 Å². The van der Waals surface area contributed by atoms with Gasteiger partial charge >= 0.3 is 0 Å². The third-order valence-electron chi connectivity index (χ3n) is 5.82. The number of rotatable bonds is 5. The molecule has 0 aliphatic carbocycles. The van der Waals surface area contributed by atoms with E-state index in [2.05, 4.69) is 30.2 Å². The van der Waals surface area contributed by atoms with E-state index < -0.39 is 17.9 Å². The van der Waals surface area contributed by atoms with Crippen molar-refractivity contribution in [1.29, 1.82) is 0 Å². The predicted molar refractivity (Wildman–Crippen MR) is 112 cm³/mol. The van der Waals surface area contributed by atoms with E-state index >= 15 is 0 Å². The fourth-order valence-electron chi connectivity index (χ4n) is 4.27. The lowest BCUT2D eigenvalue weighted by atomic mass is 10.00. The summed E-state index contributed by atoms with van der Waals surface area (Å²) in [6, 6.07) is 2.90. The van der Waals surface area contributed by atoms with Crippen molar-refractivity contribution >= 4 is 28.3 Å². The van der Waals surface area contributed by atoms with Crippen LogP contribution in [0.2, 0.25) is 0 Å². The fourth-order valence-corrected chi connectivity index (χ4v) is 4.27. The molecule has 3 aromatic rings. The van der Waals surface area contributed by atoms with Crippen molar-refractivity contribution in [2.45, 2.75) is 12.6 Å². The Labute approximate surface area is 177 Å². The number of halogens is 2. The quantitative estimate of drug-likeness (QED) is 0.673. The lowest BCUT2D eigenvalue weighted by Gasteiger charge is -2.41. The summed E-state index contributed by atoms with van der Waals surface area (Å²) >= 11 is 0. The van der Waals surface area contributed by atoms with Crippen LogP contribution in [0.25, 0.3) is 10.9 Å². The minimum Gasteiger partial charge on any atom is -0.355 e. The molecule has 0 bridgehead atoms. The van der Waals surface area contributed by atoms with E-state index in [0.29, 0.717) is 35.8 Å². The number of nitrogens with one attached hydrogen (secondary N) is 1. The summed E-state index contributed by atoms with van der Waals surface area (Å²) in [6.07, 6.45) is 4.62. The number of nitrogens with zero attached hydrogens (tertiary/aromatic N) is 6. The van der Waals surface area contributed by atoms with Crippen LogP contribution in [0, 0.1) is 11.7 Å². The highest BCUT2D eigenvalue weighted by atomic mass is 19.1. The molecule has 2 saturated heterocycles. The van der Waals surface area contributed by atoms with Gasteiger partial charge in [-0.25, -0.2) is 18.7 Å². The summed E-state index contributed by atoms with van der Waals surface area (Å²) in [4.78, 5) is 25.3. The molecule has 10 heteroatoms. The highest BCUT2D eigenvalue weighted by Crippen LogP contribution is 2.25. The van der Waals surface area contributed by atoms with E-state index in [1.165, 1.54) is 16.9 Å². The molecule has 1 amide bonds. The fraction of sp³-hybridized carbons (Fsp3) is 0.429. The lowest BCUT2D eigenvalue weighted by Crippen LogP contribution is -2.51. The molecular weight excluding hydrogens is 404 g/mol. The molecule has 1 atom stereocenters. The topological polar surface area (TPSA) is 79.2 Å². The SMILES string of the molecule is Cn1cc2cc(NC(=O)c3cnc(N4CC(CN5CC[C@@H](F)C5)C4)cn3)cc(F)c2n1. The van der Waals surface area contributed by atoms with Crippen molar-refractivity contribution in [3.05, 3.63) is 42.2 Å². The Morgan fingerprint density at radius 3 is 2.77 bits per heavy atom. The monoisotopic (exact) mass is 427 g/mol. The van der Waals surface area contributed by atoms with E-state index in [9.17, 15) is 13.6 Å². The number of alkyl halides is 1. The molecule has 5 rings (SSSR count). The summed E-state index contributed by atoms with van der Waals surface area (Å²) in [5.41, 5.74) is 0.738. The standard InChI is InChI=1S/C21H23F2N7O/c1-28-11-14-4-16(5-17(23)20(14)27-28)26-21(31)18-6-25-19(7-24-18)30-9-13(10-30)8-29-3-2-15(22)12-29/h4-7,11,13,15H,2-3,8-10,12H2,1H3,(H,26,31)/t15-/m1/s1.